The Balaban J connectivity index is 1.90. The highest BCUT2D eigenvalue weighted by molar-refractivity contribution is 9.10. The molecule has 0 aliphatic carbocycles. The number of sulfonamides is 1. The van der Waals surface area contributed by atoms with E-state index in [9.17, 15) is 17.6 Å². The first-order valence-electron chi connectivity index (χ1n) is 7.99. The second kappa shape index (κ2) is 7.69. The zero-order valence-corrected chi connectivity index (χ0v) is 16.6. The Morgan fingerprint density at radius 2 is 2.00 bits per heavy atom. The van der Waals surface area contributed by atoms with Crippen LogP contribution in [0.3, 0.4) is 0 Å². The standard InChI is InChI=1S/C18H15BrFNO5S/c1-2-7-25-14-5-3-4-6-17(14)27(23,24)21-18(22)16-10-12-13(20)8-11(19)9-15(12)26-16/h3-6,8-10H,2,7H2,1H3,(H,21,22). The van der Waals surface area contributed by atoms with Crippen LogP contribution in [-0.2, 0) is 10.0 Å². The van der Waals surface area contributed by atoms with Crippen LogP contribution >= 0.6 is 15.9 Å². The maximum absolute atomic E-state index is 13.9. The summed E-state index contributed by atoms with van der Waals surface area (Å²) in [5, 5.41) is 0.0763. The number of para-hydroxylation sites is 1. The first-order valence-corrected chi connectivity index (χ1v) is 10.3. The monoisotopic (exact) mass is 455 g/mol. The normalized spacial score (nSPS) is 11.5. The molecule has 142 valence electrons. The third kappa shape index (κ3) is 4.14. The van der Waals surface area contributed by atoms with Crippen LogP contribution in [0.4, 0.5) is 4.39 Å². The van der Waals surface area contributed by atoms with Crippen molar-refractivity contribution in [3.63, 3.8) is 0 Å². The predicted molar refractivity (Wildman–Crippen MR) is 101 cm³/mol. The van der Waals surface area contributed by atoms with Crippen molar-refractivity contribution in [3.8, 4) is 5.75 Å². The van der Waals surface area contributed by atoms with Crippen molar-refractivity contribution in [1.82, 2.24) is 4.72 Å². The molecular weight excluding hydrogens is 441 g/mol. The van der Waals surface area contributed by atoms with E-state index < -0.39 is 21.7 Å². The molecule has 27 heavy (non-hydrogen) atoms. The Morgan fingerprint density at radius 3 is 2.74 bits per heavy atom. The van der Waals surface area contributed by atoms with Crippen LogP contribution in [0, 0.1) is 5.82 Å². The molecule has 0 radical (unpaired) electrons. The minimum atomic E-state index is -4.21. The van der Waals surface area contributed by atoms with E-state index in [1.54, 1.807) is 6.07 Å². The number of rotatable bonds is 6. The topological polar surface area (TPSA) is 85.6 Å². The van der Waals surface area contributed by atoms with Crippen LogP contribution in [0.5, 0.6) is 5.75 Å². The Hall–Kier alpha value is -2.39. The molecule has 0 atom stereocenters. The lowest BCUT2D eigenvalue weighted by Crippen LogP contribution is -2.30. The fourth-order valence-electron chi connectivity index (χ4n) is 2.41. The highest BCUT2D eigenvalue weighted by Gasteiger charge is 2.25. The Labute approximate surface area is 163 Å². The number of furan rings is 1. The zero-order chi connectivity index (χ0) is 19.6. The third-order valence-electron chi connectivity index (χ3n) is 3.60. The van der Waals surface area contributed by atoms with E-state index in [2.05, 4.69) is 15.9 Å². The van der Waals surface area contributed by atoms with Gasteiger partial charge in [0.2, 0.25) is 0 Å². The molecule has 1 aromatic heterocycles. The fraction of sp³-hybridized carbons (Fsp3) is 0.167. The lowest BCUT2D eigenvalue weighted by Gasteiger charge is -2.11. The van der Waals surface area contributed by atoms with Gasteiger partial charge in [-0.15, -0.1) is 0 Å². The SMILES string of the molecule is CCCOc1ccccc1S(=O)(=O)NC(=O)c1cc2c(F)cc(Br)cc2o1. The maximum Gasteiger partial charge on any atom is 0.300 e. The van der Waals surface area contributed by atoms with E-state index in [1.807, 2.05) is 11.6 Å². The molecule has 6 nitrogen and oxygen atoms in total. The number of carbonyl (C=O) groups excluding carboxylic acids is 1. The van der Waals surface area contributed by atoms with Crippen LogP contribution in [0.1, 0.15) is 23.9 Å². The molecule has 1 N–H and O–H groups in total. The smallest absolute Gasteiger partial charge is 0.300 e. The van der Waals surface area contributed by atoms with Gasteiger partial charge in [0.05, 0.1) is 12.0 Å². The summed E-state index contributed by atoms with van der Waals surface area (Å²) in [4.78, 5) is 12.2. The molecule has 0 unspecified atom stereocenters. The van der Waals surface area contributed by atoms with Gasteiger partial charge in [-0.3, -0.25) is 4.79 Å². The van der Waals surface area contributed by atoms with Crippen molar-refractivity contribution in [2.24, 2.45) is 0 Å². The van der Waals surface area contributed by atoms with Gasteiger partial charge < -0.3 is 9.15 Å². The fourth-order valence-corrected chi connectivity index (χ4v) is 3.92. The van der Waals surface area contributed by atoms with Crippen molar-refractivity contribution < 1.29 is 26.8 Å². The van der Waals surface area contributed by atoms with Crippen LogP contribution in [0.15, 0.2) is 56.2 Å². The summed E-state index contributed by atoms with van der Waals surface area (Å²) in [6.07, 6.45) is 0.695. The van der Waals surface area contributed by atoms with Gasteiger partial charge in [-0.2, -0.15) is 0 Å². The summed E-state index contributed by atoms with van der Waals surface area (Å²) in [7, 11) is -4.21. The van der Waals surface area contributed by atoms with Crippen LogP contribution in [0.25, 0.3) is 11.0 Å². The van der Waals surface area contributed by atoms with Gasteiger partial charge >= 0.3 is 5.91 Å². The molecule has 0 fully saturated rings. The molecule has 3 aromatic rings. The molecule has 1 amide bonds. The largest absolute Gasteiger partial charge is 0.492 e. The molecule has 0 aliphatic rings. The highest BCUT2D eigenvalue weighted by atomic mass is 79.9. The number of amides is 1. The van der Waals surface area contributed by atoms with E-state index in [1.165, 1.54) is 30.3 Å². The molecule has 9 heteroatoms. The average Bonchev–Trinajstić information content (AvgIpc) is 3.04. The van der Waals surface area contributed by atoms with Gasteiger partial charge in [0.25, 0.3) is 10.0 Å². The Bertz CT molecular complexity index is 1110. The van der Waals surface area contributed by atoms with E-state index >= 15 is 0 Å². The zero-order valence-electron chi connectivity index (χ0n) is 14.2. The van der Waals surface area contributed by atoms with Gasteiger partial charge in [0.15, 0.2) is 5.76 Å². The average molecular weight is 456 g/mol. The molecule has 1 heterocycles. The molecular formula is C18H15BrFNO5S. The van der Waals surface area contributed by atoms with E-state index in [4.69, 9.17) is 9.15 Å². The minimum absolute atomic E-state index is 0.0763. The van der Waals surface area contributed by atoms with Crippen LogP contribution in [-0.4, -0.2) is 20.9 Å². The maximum atomic E-state index is 13.9. The summed E-state index contributed by atoms with van der Waals surface area (Å²) in [5.74, 6) is -1.79. The third-order valence-corrected chi connectivity index (χ3v) is 5.43. The Kier molecular flexibility index (Phi) is 5.52. The molecule has 0 saturated heterocycles. The summed E-state index contributed by atoms with van der Waals surface area (Å²) in [6, 6.07) is 9.84. The number of carbonyl (C=O) groups is 1. The number of ether oxygens (including phenoxy) is 1. The summed E-state index contributed by atoms with van der Waals surface area (Å²) >= 11 is 3.13. The van der Waals surface area contributed by atoms with E-state index in [0.717, 1.165) is 6.07 Å². The molecule has 0 spiro atoms. The molecule has 2 aromatic carbocycles. The van der Waals surface area contributed by atoms with Crippen LogP contribution < -0.4 is 9.46 Å². The first-order chi connectivity index (χ1) is 12.8. The summed E-state index contributed by atoms with van der Waals surface area (Å²) in [6.45, 7) is 2.22. The van der Waals surface area contributed by atoms with Gasteiger partial charge in [-0.25, -0.2) is 17.5 Å². The van der Waals surface area contributed by atoms with Crippen molar-refractivity contribution in [3.05, 3.63) is 58.5 Å². The second-order valence-corrected chi connectivity index (χ2v) is 8.21. The van der Waals surface area contributed by atoms with Crippen molar-refractivity contribution in [2.75, 3.05) is 6.61 Å². The Morgan fingerprint density at radius 1 is 1.26 bits per heavy atom. The van der Waals surface area contributed by atoms with Crippen molar-refractivity contribution in [1.29, 1.82) is 0 Å². The van der Waals surface area contributed by atoms with Crippen LogP contribution in [0.2, 0.25) is 0 Å². The van der Waals surface area contributed by atoms with Gasteiger partial charge in [0.1, 0.15) is 22.0 Å². The van der Waals surface area contributed by atoms with Crippen molar-refractivity contribution >= 4 is 42.8 Å². The lowest BCUT2D eigenvalue weighted by atomic mass is 10.2. The van der Waals surface area contributed by atoms with Gasteiger partial charge in [0, 0.05) is 10.5 Å². The predicted octanol–water partition coefficient (Wildman–Crippen LogP) is 4.24. The first kappa shape index (κ1) is 19.4. The van der Waals surface area contributed by atoms with Gasteiger partial charge in [-0.1, -0.05) is 35.0 Å². The molecule has 0 aliphatic heterocycles. The number of nitrogens with one attached hydrogen (secondary N) is 1. The number of hydrogen-bond acceptors (Lipinski definition) is 5. The summed E-state index contributed by atoms with van der Waals surface area (Å²) < 4.78 is 52.2. The van der Waals surface area contributed by atoms with E-state index in [-0.39, 0.29) is 27.4 Å². The van der Waals surface area contributed by atoms with Crippen molar-refractivity contribution in [2.45, 2.75) is 18.2 Å². The number of halogens is 2. The lowest BCUT2D eigenvalue weighted by molar-refractivity contribution is 0.0956. The highest BCUT2D eigenvalue weighted by Crippen LogP contribution is 2.27. The van der Waals surface area contributed by atoms with Gasteiger partial charge in [-0.05, 0) is 30.7 Å². The number of fused-ring (bicyclic) bond motifs is 1. The second-order valence-electron chi connectivity index (χ2n) is 5.64. The molecule has 0 saturated carbocycles. The minimum Gasteiger partial charge on any atom is -0.492 e. The molecule has 0 bridgehead atoms. The summed E-state index contributed by atoms with van der Waals surface area (Å²) in [5.41, 5.74) is 0.121. The van der Waals surface area contributed by atoms with E-state index in [0.29, 0.717) is 17.5 Å². The number of benzene rings is 2. The quantitative estimate of drug-likeness (QED) is 0.600. The molecule has 3 rings (SSSR count). The number of hydrogen-bond donors (Lipinski definition) is 1.